The largest absolute Gasteiger partial charge is 0.472 e. The van der Waals surface area contributed by atoms with Gasteiger partial charge < -0.3 is 34.8 Å². The van der Waals surface area contributed by atoms with Crippen LogP contribution < -0.4 is 0 Å². The van der Waals surface area contributed by atoms with E-state index in [-0.39, 0.29) is 19.4 Å². The average molecular weight is 725 g/mol. The van der Waals surface area contributed by atoms with Crippen LogP contribution in [0.25, 0.3) is 0 Å². The Bertz CT molecular complexity index is 884. The third-order valence-corrected chi connectivity index (χ3v) is 9.00. The summed E-state index contributed by atoms with van der Waals surface area (Å²) < 4.78 is 32.4. The van der Waals surface area contributed by atoms with E-state index in [0.29, 0.717) is 31.6 Å². The van der Waals surface area contributed by atoms with Gasteiger partial charge in [-0.05, 0) is 44.4 Å². The maximum absolute atomic E-state index is 12.5. The molecule has 0 radical (unpaired) electrons. The number of rotatable bonds is 34. The molecule has 0 bridgehead atoms. The number of ether oxygens (including phenoxy) is 2. The Labute approximate surface area is 295 Å². The van der Waals surface area contributed by atoms with Gasteiger partial charge in [-0.3, -0.25) is 18.6 Å². The molecule has 12 nitrogen and oxygen atoms in total. The molecule has 0 aliphatic rings. The highest BCUT2D eigenvalue weighted by Gasteiger charge is 2.27. The molecule has 5 atom stereocenters. The number of phosphoric ester groups is 1. The lowest BCUT2D eigenvalue weighted by Gasteiger charge is -2.20. The first kappa shape index (κ1) is 47.6. The first-order valence-electron chi connectivity index (χ1n) is 18.7. The number of carbonyl (C=O) groups excluding carboxylic acids is 2. The minimum atomic E-state index is -4.65. The maximum atomic E-state index is 12.5. The van der Waals surface area contributed by atoms with Crippen molar-refractivity contribution in [2.24, 2.45) is 5.92 Å². The Morgan fingerprint density at radius 2 is 1.27 bits per heavy atom. The second-order valence-electron chi connectivity index (χ2n) is 13.4. The summed E-state index contributed by atoms with van der Waals surface area (Å²) in [6.07, 6.45) is 16.7. The van der Waals surface area contributed by atoms with E-state index >= 15 is 0 Å². The van der Waals surface area contributed by atoms with E-state index in [1.807, 2.05) is 6.08 Å². The van der Waals surface area contributed by atoms with Crippen LogP contribution in [-0.2, 0) is 32.7 Å². The van der Waals surface area contributed by atoms with E-state index in [4.69, 9.17) is 19.1 Å². The second kappa shape index (κ2) is 31.4. The molecule has 5 N–H and O–H groups in total. The summed E-state index contributed by atoms with van der Waals surface area (Å²) >= 11 is 0. The van der Waals surface area contributed by atoms with Gasteiger partial charge in [-0.1, -0.05) is 110 Å². The smallest absolute Gasteiger partial charge is 0.462 e. The maximum Gasteiger partial charge on any atom is 0.472 e. The fraction of sp³-hybridized carbons (Fsp3) is 0.889. The number of allylic oxidation sites excluding steroid dienone is 1. The number of esters is 2. The van der Waals surface area contributed by atoms with Crippen LogP contribution in [0.4, 0.5) is 0 Å². The van der Waals surface area contributed by atoms with Crippen LogP contribution in [0.2, 0.25) is 0 Å². The number of hydrogen-bond acceptors (Lipinski definition) is 11. The van der Waals surface area contributed by atoms with Crippen LogP contribution in [0.3, 0.4) is 0 Å². The summed E-state index contributed by atoms with van der Waals surface area (Å²) in [5.74, 6) is -0.333. The van der Waals surface area contributed by atoms with E-state index in [2.05, 4.69) is 31.4 Å². The molecule has 290 valence electrons. The Morgan fingerprint density at radius 1 is 0.694 bits per heavy atom. The summed E-state index contributed by atoms with van der Waals surface area (Å²) in [5, 5.41) is 38.6. The zero-order chi connectivity index (χ0) is 36.8. The highest BCUT2D eigenvalue weighted by Crippen LogP contribution is 2.43. The predicted octanol–water partition coefficient (Wildman–Crippen LogP) is 6.68. The van der Waals surface area contributed by atoms with Crippen molar-refractivity contribution in [3.63, 3.8) is 0 Å². The standard InChI is InChI=1S/C36H69O12P/c1-4-5-6-7-12-17-22-33(39)34(40)23-18-13-10-15-20-25-36(42)48-32(29-47-49(43,44)46-27-31(38)26-37)28-45-35(41)24-19-14-9-8-11-16-21-30(2)3/h12,17,30-34,37-40H,4-11,13-16,18-29H2,1-3H3,(H,43,44)/b17-12-/t31-,32+,33-,34-/m0/s1. The van der Waals surface area contributed by atoms with Crippen molar-refractivity contribution in [3.05, 3.63) is 12.2 Å². The van der Waals surface area contributed by atoms with E-state index in [1.165, 1.54) is 32.1 Å². The number of phosphoric acid groups is 1. The van der Waals surface area contributed by atoms with Gasteiger partial charge in [0, 0.05) is 12.8 Å². The number of hydrogen-bond donors (Lipinski definition) is 5. The van der Waals surface area contributed by atoms with Gasteiger partial charge in [0.05, 0.1) is 32.0 Å². The monoisotopic (exact) mass is 724 g/mol. The van der Waals surface area contributed by atoms with Crippen LogP contribution in [0, 0.1) is 5.92 Å². The molecule has 0 aromatic heterocycles. The molecular formula is C36H69O12P. The average Bonchev–Trinajstić information content (AvgIpc) is 3.06. The normalized spacial score (nSPS) is 15.6. The van der Waals surface area contributed by atoms with Crippen LogP contribution in [0.5, 0.6) is 0 Å². The fourth-order valence-electron chi connectivity index (χ4n) is 4.96. The quantitative estimate of drug-likeness (QED) is 0.0205. The fourth-order valence-corrected chi connectivity index (χ4v) is 5.75. The van der Waals surface area contributed by atoms with Crippen molar-refractivity contribution in [3.8, 4) is 0 Å². The lowest BCUT2D eigenvalue weighted by atomic mass is 10.0. The molecule has 1 unspecified atom stereocenters. The molecule has 0 rings (SSSR count). The zero-order valence-electron chi connectivity index (χ0n) is 30.6. The van der Waals surface area contributed by atoms with Crippen LogP contribution >= 0.6 is 7.82 Å². The van der Waals surface area contributed by atoms with E-state index in [0.717, 1.165) is 57.8 Å². The van der Waals surface area contributed by atoms with Gasteiger partial charge in [-0.2, -0.15) is 0 Å². The number of carbonyl (C=O) groups is 2. The minimum Gasteiger partial charge on any atom is -0.462 e. The van der Waals surface area contributed by atoms with Crippen LogP contribution in [-0.4, -0.2) is 88.1 Å². The van der Waals surface area contributed by atoms with Crippen molar-refractivity contribution in [2.75, 3.05) is 26.4 Å². The molecular weight excluding hydrogens is 655 g/mol. The molecule has 0 saturated heterocycles. The Balaban J connectivity index is 4.50. The van der Waals surface area contributed by atoms with Crippen molar-refractivity contribution in [1.29, 1.82) is 0 Å². The van der Waals surface area contributed by atoms with Crippen molar-refractivity contribution in [2.45, 2.75) is 174 Å². The van der Waals surface area contributed by atoms with Crippen LogP contribution in [0.15, 0.2) is 12.2 Å². The minimum absolute atomic E-state index is 0.0868. The Hall–Kier alpha value is -1.37. The van der Waals surface area contributed by atoms with Gasteiger partial charge in [0.15, 0.2) is 6.10 Å². The highest BCUT2D eigenvalue weighted by molar-refractivity contribution is 7.47. The third-order valence-electron chi connectivity index (χ3n) is 8.05. The topological polar surface area (TPSA) is 189 Å². The van der Waals surface area contributed by atoms with Crippen molar-refractivity contribution in [1.82, 2.24) is 0 Å². The second-order valence-corrected chi connectivity index (χ2v) is 14.8. The molecule has 0 saturated carbocycles. The molecule has 0 aliphatic heterocycles. The summed E-state index contributed by atoms with van der Waals surface area (Å²) in [7, 11) is -4.65. The molecule has 0 amide bonds. The number of aliphatic hydroxyl groups is 4. The lowest BCUT2D eigenvalue weighted by molar-refractivity contribution is -0.161. The van der Waals surface area contributed by atoms with Gasteiger partial charge in [0.25, 0.3) is 0 Å². The lowest BCUT2D eigenvalue weighted by Crippen LogP contribution is -2.29. The predicted molar refractivity (Wildman–Crippen MR) is 190 cm³/mol. The first-order valence-corrected chi connectivity index (χ1v) is 20.2. The third kappa shape index (κ3) is 31.1. The summed E-state index contributed by atoms with van der Waals surface area (Å²) in [4.78, 5) is 34.7. The molecule has 0 aromatic carbocycles. The first-order chi connectivity index (χ1) is 23.4. The summed E-state index contributed by atoms with van der Waals surface area (Å²) in [6, 6.07) is 0. The van der Waals surface area contributed by atoms with Gasteiger partial charge in [-0.25, -0.2) is 4.57 Å². The van der Waals surface area contributed by atoms with Crippen molar-refractivity contribution >= 4 is 19.8 Å². The molecule has 13 heteroatoms. The number of aliphatic hydroxyl groups excluding tert-OH is 4. The number of unbranched alkanes of at least 4 members (excludes halogenated alkanes) is 12. The van der Waals surface area contributed by atoms with Crippen LogP contribution in [0.1, 0.15) is 149 Å². The van der Waals surface area contributed by atoms with Gasteiger partial charge in [-0.15, -0.1) is 0 Å². The van der Waals surface area contributed by atoms with Gasteiger partial charge in [0.2, 0.25) is 0 Å². The molecule has 0 fully saturated rings. The SMILES string of the molecule is CCCCC/C=C\C[C@H](O)[C@@H](O)CCCCCCCC(=O)O[C@H](COC(=O)CCCCCCCCC(C)C)COP(=O)(O)OC[C@@H](O)CO. The van der Waals surface area contributed by atoms with Crippen molar-refractivity contribution < 1.29 is 58.0 Å². The molecule has 0 aromatic rings. The van der Waals surface area contributed by atoms with E-state index in [1.54, 1.807) is 0 Å². The molecule has 0 heterocycles. The Morgan fingerprint density at radius 3 is 1.88 bits per heavy atom. The Kier molecular flexibility index (Phi) is 30.5. The van der Waals surface area contributed by atoms with E-state index in [9.17, 15) is 34.4 Å². The van der Waals surface area contributed by atoms with Gasteiger partial charge >= 0.3 is 19.8 Å². The van der Waals surface area contributed by atoms with E-state index < -0.39 is 64.0 Å². The molecule has 0 aliphatic carbocycles. The summed E-state index contributed by atoms with van der Waals surface area (Å²) in [5.41, 5.74) is 0. The zero-order valence-corrected chi connectivity index (χ0v) is 31.4. The molecule has 49 heavy (non-hydrogen) atoms. The summed E-state index contributed by atoms with van der Waals surface area (Å²) in [6.45, 7) is 4.33. The molecule has 0 spiro atoms. The highest BCUT2D eigenvalue weighted by atomic mass is 31.2. The van der Waals surface area contributed by atoms with Gasteiger partial charge in [0.1, 0.15) is 12.7 Å².